The monoisotopic (exact) mass is 248 g/mol. The van der Waals surface area contributed by atoms with Crippen molar-refractivity contribution in [2.75, 3.05) is 6.54 Å². The summed E-state index contributed by atoms with van der Waals surface area (Å²) >= 11 is 0. The summed E-state index contributed by atoms with van der Waals surface area (Å²) in [5.41, 5.74) is 0. The highest BCUT2D eigenvalue weighted by Gasteiger charge is 2.21. The van der Waals surface area contributed by atoms with E-state index in [4.69, 9.17) is 0 Å². The molecule has 2 aliphatic rings. The van der Waals surface area contributed by atoms with Crippen LogP contribution in [0.5, 0.6) is 0 Å². The Morgan fingerprint density at radius 3 is 2.89 bits per heavy atom. The lowest BCUT2D eigenvalue weighted by Gasteiger charge is -2.27. The molecule has 1 atom stereocenters. The SMILES string of the molecule is CC(NCC1CCC1)c1nnc2n1CCCCC2. The highest BCUT2D eigenvalue weighted by molar-refractivity contribution is 5.02. The van der Waals surface area contributed by atoms with Gasteiger partial charge in [-0.15, -0.1) is 10.2 Å². The first-order valence-electron chi connectivity index (χ1n) is 7.50. The molecule has 0 aromatic carbocycles. The zero-order valence-corrected chi connectivity index (χ0v) is 11.4. The molecule has 0 bridgehead atoms. The summed E-state index contributed by atoms with van der Waals surface area (Å²) in [6.45, 7) is 4.47. The Morgan fingerprint density at radius 1 is 1.22 bits per heavy atom. The highest BCUT2D eigenvalue weighted by Crippen LogP contribution is 2.26. The molecule has 18 heavy (non-hydrogen) atoms. The molecule has 100 valence electrons. The van der Waals surface area contributed by atoms with E-state index in [1.807, 2.05) is 0 Å². The van der Waals surface area contributed by atoms with E-state index in [0.717, 1.165) is 31.3 Å². The standard InChI is InChI=1S/C14H24N4/c1-11(15-10-12-6-5-7-12)14-17-16-13-8-3-2-4-9-18(13)14/h11-12,15H,2-10H2,1H3. The molecule has 4 nitrogen and oxygen atoms in total. The Hall–Kier alpha value is -0.900. The van der Waals surface area contributed by atoms with Crippen molar-refractivity contribution < 1.29 is 0 Å². The topological polar surface area (TPSA) is 42.7 Å². The van der Waals surface area contributed by atoms with Crippen molar-refractivity contribution in [3.05, 3.63) is 11.6 Å². The molecule has 0 amide bonds. The average molecular weight is 248 g/mol. The molecule has 1 aromatic heterocycles. The quantitative estimate of drug-likeness (QED) is 0.890. The zero-order chi connectivity index (χ0) is 12.4. The number of fused-ring (bicyclic) bond motifs is 1. The van der Waals surface area contributed by atoms with Crippen molar-refractivity contribution in [3.63, 3.8) is 0 Å². The lowest BCUT2D eigenvalue weighted by molar-refractivity contribution is 0.289. The van der Waals surface area contributed by atoms with Gasteiger partial charge in [-0.05, 0) is 45.1 Å². The molecule has 1 unspecified atom stereocenters. The van der Waals surface area contributed by atoms with Crippen LogP contribution in [-0.4, -0.2) is 21.3 Å². The van der Waals surface area contributed by atoms with Crippen LogP contribution in [0.1, 0.15) is 63.1 Å². The Labute approximate surface area is 109 Å². The average Bonchev–Trinajstić information content (AvgIpc) is 2.56. The summed E-state index contributed by atoms with van der Waals surface area (Å²) < 4.78 is 2.35. The Kier molecular flexibility index (Phi) is 3.64. The molecule has 0 saturated heterocycles. The predicted molar refractivity (Wildman–Crippen MR) is 71.3 cm³/mol. The van der Waals surface area contributed by atoms with Gasteiger partial charge in [0.15, 0.2) is 0 Å². The van der Waals surface area contributed by atoms with Gasteiger partial charge in [-0.2, -0.15) is 0 Å². The van der Waals surface area contributed by atoms with E-state index in [0.29, 0.717) is 6.04 Å². The molecular weight excluding hydrogens is 224 g/mol. The molecule has 1 aromatic rings. The van der Waals surface area contributed by atoms with Gasteiger partial charge in [0.25, 0.3) is 0 Å². The maximum absolute atomic E-state index is 4.41. The third kappa shape index (κ3) is 2.44. The fourth-order valence-electron chi connectivity index (χ4n) is 2.96. The molecule has 1 aliphatic carbocycles. The fourth-order valence-corrected chi connectivity index (χ4v) is 2.96. The molecular formula is C14H24N4. The van der Waals surface area contributed by atoms with Gasteiger partial charge in [-0.3, -0.25) is 0 Å². The summed E-state index contributed by atoms with van der Waals surface area (Å²) in [6, 6.07) is 0.338. The van der Waals surface area contributed by atoms with E-state index in [1.165, 1.54) is 44.3 Å². The number of rotatable bonds is 4. The van der Waals surface area contributed by atoms with E-state index >= 15 is 0 Å². The first-order valence-corrected chi connectivity index (χ1v) is 7.50. The van der Waals surface area contributed by atoms with E-state index < -0.39 is 0 Å². The lowest BCUT2D eigenvalue weighted by Crippen LogP contribution is -2.30. The Bertz CT molecular complexity index is 394. The summed E-state index contributed by atoms with van der Waals surface area (Å²) in [4.78, 5) is 0. The minimum absolute atomic E-state index is 0.338. The van der Waals surface area contributed by atoms with Gasteiger partial charge in [-0.25, -0.2) is 0 Å². The van der Waals surface area contributed by atoms with Crippen molar-refractivity contribution in [1.29, 1.82) is 0 Å². The van der Waals surface area contributed by atoms with Gasteiger partial charge in [-0.1, -0.05) is 12.8 Å². The largest absolute Gasteiger partial charge is 0.314 e. The van der Waals surface area contributed by atoms with Crippen LogP contribution in [0.4, 0.5) is 0 Å². The minimum atomic E-state index is 0.338. The van der Waals surface area contributed by atoms with Crippen LogP contribution in [0, 0.1) is 5.92 Å². The third-order valence-corrected chi connectivity index (χ3v) is 4.46. The summed E-state index contributed by atoms with van der Waals surface area (Å²) in [6.07, 6.45) is 9.18. The zero-order valence-electron chi connectivity index (χ0n) is 11.4. The van der Waals surface area contributed by atoms with Gasteiger partial charge in [0, 0.05) is 13.0 Å². The molecule has 0 spiro atoms. The number of hydrogen-bond acceptors (Lipinski definition) is 3. The smallest absolute Gasteiger partial charge is 0.149 e. The third-order valence-electron chi connectivity index (χ3n) is 4.46. The van der Waals surface area contributed by atoms with Crippen molar-refractivity contribution >= 4 is 0 Å². The second kappa shape index (κ2) is 5.39. The fraction of sp³-hybridized carbons (Fsp3) is 0.857. The maximum Gasteiger partial charge on any atom is 0.149 e. The molecule has 0 radical (unpaired) electrons. The first-order chi connectivity index (χ1) is 8.84. The second-order valence-electron chi connectivity index (χ2n) is 5.86. The molecule has 4 heteroatoms. The maximum atomic E-state index is 4.41. The van der Waals surface area contributed by atoms with Crippen LogP contribution in [0.3, 0.4) is 0 Å². The summed E-state index contributed by atoms with van der Waals surface area (Å²) in [5, 5.41) is 12.4. The van der Waals surface area contributed by atoms with E-state index in [1.54, 1.807) is 0 Å². The van der Waals surface area contributed by atoms with Crippen LogP contribution < -0.4 is 5.32 Å². The van der Waals surface area contributed by atoms with Gasteiger partial charge >= 0.3 is 0 Å². The molecule has 1 aliphatic heterocycles. The summed E-state index contributed by atoms with van der Waals surface area (Å²) in [5.74, 6) is 3.24. The van der Waals surface area contributed by atoms with Crippen molar-refractivity contribution in [1.82, 2.24) is 20.1 Å². The van der Waals surface area contributed by atoms with Crippen LogP contribution in [0.2, 0.25) is 0 Å². The normalized spacial score (nSPS) is 22.1. The Morgan fingerprint density at radius 2 is 2.11 bits per heavy atom. The van der Waals surface area contributed by atoms with Crippen LogP contribution in [-0.2, 0) is 13.0 Å². The van der Waals surface area contributed by atoms with E-state index in [-0.39, 0.29) is 0 Å². The van der Waals surface area contributed by atoms with Crippen LogP contribution >= 0.6 is 0 Å². The number of hydrogen-bond donors (Lipinski definition) is 1. The van der Waals surface area contributed by atoms with Gasteiger partial charge in [0.2, 0.25) is 0 Å². The number of aryl methyl sites for hydroxylation is 1. The van der Waals surface area contributed by atoms with Crippen LogP contribution in [0.25, 0.3) is 0 Å². The molecule has 1 fully saturated rings. The first kappa shape index (κ1) is 12.2. The van der Waals surface area contributed by atoms with Crippen LogP contribution in [0.15, 0.2) is 0 Å². The van der Waals surface area contributed by atoms with E-state index in [2.05, 4.69) is 27.0 Å². The van der Waals surface area contributed by atoms with Gasteiger partial charge in [0.1, 0.15) is 11.6 Å². The van der Waals surface area contributed by atoms with Crippen molar-refractivity contribution in [2.24, 2.45) is 5.92 Å². The number of nitrogens with zero attached hydrogens (tertiary/aromatic N) is 3. The molecule has 1 N–H and O–H groups in total. The van der Waals surface area contributed by atoms with Crippen molar-refractivity contribution in [2.45, 2.75) is 64.5 Å². The molecule has 1 saturated carbocycles. The number of nitrogens with one attached hydrogen (secondary N) is 1. The van der Waals surface area contributed by atoms with Crippen molar-refractivity contribution in [3.8, 4) is 0 Å². The molecule has 2 heterocycles. The van der Waals surface area contributed by atoms with Gasteiger partial charge in [0.05, 0.1) is 6.04 Å². The molecule has 3 rings (SSSR count). The van der Waals surface area contributed by atoms with E-state index in [9.17, 15) is 0 Å². The number of aromatic nitrogens is 3. The lowest BCUT2D eigenvalue weighted by atomic mass is 9.85. The predicted octanol–water partition coefficient (Wildman–Crippen LogP) is 2.46. The summed E-state index contributed by atoms with van der Waals surface area (Å²) in [7, 11) is 0. The van der Waals surface area contributed by atoms with Gasteiger partial charge < -0.3 is 9.88 Å². The highest BCUT2D eigenvalue weighted by atomic mass is 15.3. The second-order valence-corrected chi connectivity index (χ2v) is 5.86. The minimum Gasteiger partial charge on any atom is -0.314 e. The Balaban J connectivity index is 1.65.